The number of aryl methyl sites for hydroxylation is 1. The minimum Gasteiger partial charge on any atom is -0.508 e. The van der Waals surface area contributed by atoms with E-state index in [1.54, 1.807) is 19.1 Å². The van der Waals surface area contributed by atoms with E-state index >= 15 is 0 Å². The Bertz CT molecular complexity index is 733. The molecule has 0 bridgehead atoms. The summed E-state index contributed by atoms with van der Waals surface area (Å²) in [5.41, 5.74) is 2.13. The lowest BCUT2D eigenvalue weighted by molar-refractivity contribution is -0.122. The molecule has 0 aliphatic heterocycles. The molecule has 3 N–H and O–H groups in total. The predicted octanol–water partition coefficient (Wildman–Crippen LogP) is 2.85. The van der Waals surface area contributed by atoms with Gasteiger partial charge < -0.3 is 25.0 Å². The molecule has 2 unspecified atom stereocenters. The first-order valence-corrected chi connectivity index (χ1v) is 10.4. The predicted molar refractivity (Wildman–Crippen MR) is 116 cm³/mol. The number of ether oxygens (including phenoxy) is 2. The molecule has 0 saturated heterocycles. The van der Waals surface area contributed by atoms with E-state index in [2.05, 4.69) is 5.32 Å². The van der Waals surface area contributed by atoms with Crippen molar-refractivity contribution in [3.63, 3.8) is 0 Å². The maximum Gasteiger partial charge on any atom is 0.220 e. The second-order valence-electron chi connectivity index (χ2n) is 7.65. The molecular weight excluding hydrogens is 382 g/mol. The highest BCUT2D eigenvalue weighted by Gasteiger charge is 2.15. The number of rotatable bonds is 13. The van der Waals surface area contributed by atoms with E-state index in [0.717, 1.165) is 11.1 Å². The van der Waals surface area contributed by atoms with Crippen molar-refractivity contribution in [2.75, 3.05) is 19.8 Å². The minimum atomic E-state index is -0.515. The van der Waals surface area contributed by atoms with Crippen molar-refractivity contribution < 1.29 is 24.5 Å². The number of amides is 1. The Morgan fingerprint density at radius 2 is 1.67 bits per heavy atom. The summed E-state index contributed by atoms with van der Waals surface area (Å²) in [7, 11) is 0. The van der Waals surface area contributed by atoms with Crippen LogP contribution in [-0.2, 0) is 27.1 Å². The average molecular weight is 416 g/mol. The molecule has 6 heteroatoms. The summed E-state index contributed by atoms with van der Waals surface area (Å²) < 4.78 is 11.3. The van der Waals surface area contributed by atoms with Gasteiger partial charge in [-0.15, -0.1) is 0 Å². The molecule has 0 fully saturated rings. The zero-order chi connectivity index (χ0) is 21.8. The lowest BCUT2D eigenvalue weighted by Crippen LogP contribution is -2.40. The first kappa shape index (κ1) is 23.9. The van der Waals surface area contributed by atoms with Crippen molar-refractivity contribution in [1.29, 1.82) is 0 Å². The molecule has 2 aromatic rings. The van der Waals surface area contributed by atoms with Crippen LogP contribution in [0.1, 0.15) is 31.4 Å². The summed E-state index contributed by atoms with van der Waals surface area (Å²) >= 11 is 0. The van der Waals surface area contributed by atoms with Crippen molar-refractivity contribution in [3.05, 3.63) is 65.7 Å². The van der Waals surface area contributed by atoms with E-state index < -0.39 is 6.10 Å². The molecule has 30 heavy (non-hydrogen) atoms. The van der Waals surface area contributed by atoms with E-state index in [4.69, 9.17) is 9.47 Å². The highest BCUT2D eigenvalue weighted by Crippen LogP contribution is 2.12. The molecular formula is C24H33NO5. The Kier molecular flexibility index (Phi) is 10.3. The topological polar surface area (TPSA) is 88.0 Å². The SMILES string of the molecule is CC(COCC(Cc1ccc(O)cc1)NC(=O)CCc1ccccc1)OC[C@@H](C)O. The number of hydrogen-bond acceptors (Lipinski definition) is 5. The molecule has 2 aromatic carbocycles. The van der Waals surface area contributed by atoms with Gasteiger partial charge in [-0.05, 0) is 49.9 Å². The Balaban J connectivity index is 1.86. The summed E-state index contributed by atoms with van der Waals surface area (Å²) in [6.07, 6.45) is 1.02. The summed E-state index contributed by atoms with van der Waals surface area (Å²) in [4.78, 5) is 12.5. The number of phenolic OH excluding ortho intramolecular Hbond substituents is 1. The van der Waals surface area contributed by atoms with Crippen LogP contribution in [0.15, 0.2) is 54.6 Å². The summed E-state index contributed by atoms with van der Waals surface area (Å²) in [5, 5.41) is 21.8. The van der Waals surface area contributed by atoms with Crippen LogP contribution >= 0.6 is 0 Å². The number of carbonyl (C=O) groups is 1. The maximum absolute atomic E-state index is 12.5. The standard InChI is InChI=1S/C24H33NO5/c1-18(26)15-30-19(2)16-29-17-22(14-21-8-11-23(27)12-9-21)25-24(28)13-10-20-6-4-3-5-7-20/h3-9,11-12,18-19,22,26-27H,10,13-17H2,1-2H3,(H,25,28)/t18-,19?,22?/m1/s1. The fraction of sp³-hybridized carbons (Fsp3) is 0.458. The summed E-state index contributed by atoms with van der Waals surface area (Å²) in [5.74, 6) is 0.187. The van der Waals surface area contributed by atoms with E-state index in [-0.39, 0.29) is 30.4 Å². The van der Waals surface area contributed by atoms with Gasteiger partial charge in [-0.25, -0.2) is 0 Å². The van der Waals surface area contributed by atoms with Crippen molar-refractivity contribution in [2.45, 2.75) is 51.4 Å². The zero-order valence-corrected chi connectivity index (χ0v) is 17.8. The van der Waals surface area contributed by atoms with Gasteiger partial charge in [0.2, 0.25) is 5.91 Å². The quantitative estimate of drug-likeness (QED) is 0.468. The maximum atomic E-state index is 12.5. The molecule has 6 nitrogen and oxygen atoms in total. The van der Waals surface area contributed by atoms with Crippen LogP contribution in [0.4, 0.5) is 0 Å². The third kappa shape index (κ3) is 9.87. The van der Waals surface area contributed by atoms with Crippen molar-refractivity contribution >= 4 is 5.91 Å². The minimum absolute atomic E-state index is 0.0235. The van der Waals surface area contributed by atoms with Gasteiger partial charge in [-0.2, -0.15) is 0 Å². The number of aliphatic hydroxyl groups excluding tert-OH is 1. The van der Waals surface area contributed by atoms with Gasteiger partial charge in [0.05, 0.1) is 38.1 Å². The van der Waals surface area contributed by atoms with Gasteiger partial charge in [0.25, 0.3) is 0 Å². The Labute approximate surface area is 178 Å². The van der Waals surface area contributed by atoms with Crippen molar-refractivity contribution in [1.82, 2.24) is 5.32 Å². The molecule has 0 aliphatic rings. The molecule has 0 saturated carbocycles. The van der Waals surface area contributed by atoms with Gasteiger partial charge in [0.1, 0.15) is 5.75 Å². The van der Waals surface area contributed by atoms with Crippen molar-refractivity contribution in [3.8, 4) is 5.75 Å². The number of aliphatic hydroxyl groups is 1. The first-order chi connectivity index (χ1) is 14.4. The second-order valence-corrected chi connectivity index (χ2v) is 7.65. The lowest BCUT2D eigenvalue weighted by Gasteiger charge is -2.21. The lowest BCUT2D eigenvalue weighted by atomic mass is 10.1. The molecule has 0 heterocycles. The van der Waals surface area contributed by atoms with Crippen LogP contribution in [0.5, 0.6) is 5.75 Å². The van der Waals surface area contributed by atoms with Gasteiger partial charge in [0.15, 0.2) is 0 Å². The molecule has 1 amide bonds. The molecule has 0 aliphatic carbocycles. The van der Waals surface area contributed by atoms with E-state index in [1.807, 2.05) is 49.4 Å². The van der Waals surface area contributed by atoms with E-state index in [0.29, 0.717) is 32.5 Å². The second kappa shape index (κ2) is 13.0. The van der Waals surface area contributed by atoms with Gasteiger partial charge in [-0.3, -0.25) is 4.79 Å². The number of carbonyl (C=O) groups excluding carboxylic acids is 1. The van der Waals surface area contributed by atoms with Crippen LogP contribution in [0, 0.1) is 0 Å². The average Bonchev–Trinajstić information content (AvgIpc) is 2.73. The highest BCUT2D eigenvalue weighted by molar-refractivity contribution is 5.76. The van der Waals surface area contributed by atoms with Gasteiger partial charge in [0, 0.05) is 6.42 Å². The normalized spacial score (nSPS) is 14.1. The molecule has 3 atom stereocenters. The van der Waals surface area contributed by atoms with Gasteiger partial charge >= 0.3 is 0 Å². The Morgan fingerprint density at radius 3 is 2.33 bits per heavy atom. The Hall–Kier alpha value is -2.41. The number of aromatic hydroxyl groups is 1. The number of phenols is 1. The largest absolute Gasteiger partial charge is 0.508 e. The van der Waals surface area contributed by atoms with Crippen LogP contribution in [0.2, 0.25) is 0 Å². The summed E-state index contributed by atoms with van der Waals surface area (Å²) in [6, 6.07) is 16.7. The third-order valence-corrected chi connectivity index (χ3v) is 4.56. The monoisotopic (exact) mass is 415 g/mol. The Morgan fingerprint density at radius 1 is 0.967 bits per heavy atom. The zero-order valence-electron chi connectivity index (χ0n) is 17.8. The number of hydrogen-bond donors (Lipinski definition) is 3. The molecule has 0 aromatic heterocycles. The van der Waals surface area contributed by atoms with E-state index in [1.165, 1.54) is 0 Å². The number of benzene rings is 2. The number of nitrogens with one attached hydrogen (secondary N) is 1. The van der Waals surface area contributed by atoms with Crippen LogP contribution in [0.25, 0.3) is 0 Å². The third-order valence-electron chi connectivity index (χ3n) is 4.56. The fourth-order valence-electron chi connectivity index (χ4n) is 3.00. The smallest absolute Gasteiger partial charge is 0.220 e. The highest BCUT2D eigenvalue weighted by atomic mass is 16.5. The van der Waals surface area contributed by atoms with E-state index in [9.17, 15) is 15.0 Å². The van der Waals surface area contributed by atoms with Crippen LogP contribution in [0.3, 0.4) is 0 Å². The van der Waals surface area contributed by atoms with Gasteiger partial charge in [-0.1, -0.05) is 42.5 Å². The van der Waals surface area contributed by atoms with Crippen LogP contribution < -0.4 is 5.32 Å². The molecule has 0 spiro atoms. The first-order valence-electron chi connectivity index (χ1n) is 10.4. The fourth-order valence-corrected chi connectivity index (χ4v) is 3.00. The van der Waals surface area contributed by atoms with Crippen molar-refractivity contribution in [2.24, 2.45) is 0 Å². The molecule has 0 radical (unpaired) electrons. The molecule has 2 rings (SSSR count). The summed E-state index contributed by atoms with van der Waals surface area (Å²) in [6.45, 7) is 4.54. The van der Waals surface area contributed by atoms with Crippen LogP contribution in [-0.4, -0.2) is 54.2 Å². The molecule has 164 valence electrons.